The van der Waals surface area contributed by atoms with Gasteiger partial charge in [0.2, 0.25) is 0 Å². The smallest absolute Gasteiger partial charge is 0.271 e. The maximum Gasteiger partial charge on any atom is 0.271 e. The van der Waals surface area contributed by atoms with Crippen molar-refractivity contribution >= 4 is 22.8 Å². The van der Waals surface area contributed by atoms with Gasteiger partial charge in [0, 0.05) is 6.54 Å². The van der Waals surface area contributed by atoms with Crippen molar-refractivity contribution in [2.75, 3.05) is 5.73 Å². The molecule has 0 aliphatic rings. The summed E-state index contributed by atoms with van der Waals surface area (Å²) < 4.78 is 0. The van der Waals surface area contributed by atoms with Crippen molar-refractivity contribution in [3.05, 3.63) is 71.5 Å². The molecule has 2 heterocycles. The van der Waals surface area contributed by atoms with E-state index in [0.717, 1.165) is 22.2 Å². The monoisotopic (exact) mass is 358 g/mol. The molecule has 7 heteroatoms. The SMILES string of the molecule is Cc1ccc2nc(-c3nc(C(=O)NCc4ccccc4)cnc3N)[nH]c2c1. The number of carbonyl (C=O) groups excluding carboxylic acids is 1. The Balaban J connectivity index is 1.61. The largest absolute Gasteiger partial charge is 0.382 e. The van der Waals surface area contributed by atoms with Crippen molar-refractivity contribution < 1.29 is 4.79 Å². The minimum absolute atomic E-state index is 0.187. The summed E-state index contributed by atoms with van der Waals surface area (Å²) in [4.78, 5) is 28.6. The Morgan fingerprint density at radius 1 is 1.15 bits per heavy atom. The first-order chi connectivity index (χ1) is 13.1. The average Bonchev–Trinajstić information content (AvgIpc) is 3.10. The lowest BCUT2D eigenvalue weighted by Gasteiger charge is -2.07. The van der Waals surface area contributed by atoms with Crippen LogP contribution in [0.1, 0.15) is 21.6 Å². The summed E-state index contributed by atoms with van der Waals surface area (Å²) >= 11 is 0. The van der Waals surface area contributed by atoms with Crippen LogP contribution in [-0.4, -0.2) is 25.8 Å². The highest BCUT2D eigenvalue weighted by Gasteiger charge is 2.15. The molecule has 27 heavy (non-hydrogen) atoms. The van der Waals surface area contributed by atoms with Crippen LogP contribution in [-0.2, 0) is 6.54 Å². The number of nitrogens with two attached hydrogens (primary N) is 1. The fourth-order valence-electron chi connectivity index (χ4n) is 2.79. The molecule has 4 rings (SSSR count). The quantitative estimate of drug-likeness (QED) is 0.520. The Labute approximate surface area is 155 Å². The van der Waals surface area contributed by atoms with Crippen molar-refractivity contribution in [2.45, 2.75) is 13.5 Å². The Morgan fingerprint density at radius 2 is 1.96 bits per heavy atom. The van der Waals surface area contributed by atoms with Gasteiger partial charge in [-0.1, -0.05) is 36.4 Å². The molecule has 0 atom stereocenters. The second-order valence-corrected chi connectivity index (χ2v) is 6.26. The summed E-state index contributed by atoms with van der Waals surface area (Å²) in [6, 6.07) is 15.6. The lowest BCUT2D eigenvalue weighted by atomic mass is 10.2. The third-order valence-electron chi connectivity index (χ3n) is 4.19. The van der Waals surface area contributed by atoms with E-state index >= 15 is 0 Å². The minimum atomic E-state index is -0.320. The first kappa shape index (κ1) is 16.7. The number of aromatic nitrogens is 4. The molecule has 134 valence electrons. The van der Waals surface area contributed by atoms with Crippen LogP contribution >= 0.6 is 0 Å². The lowest BCUT2D eigenvalue weighted by molar-refractivity contribution is 0.0945. The predicted molar refractivity (Wildman–Crippen MR) is 104 cm³/mol. The molecule has 0 aliphatic heterocycles. The van der Waals surface area contributed by atoms with Crippen molar-refractivity contribution in [3.8, 4) is 11.5 Å². The summed E-state index contributed by atoms with van der Waals surface area (Å²) in [5, 5.41) is 2.83. The zero-order valence-corrected chi connectivity index (χ0v) is 14.7. The van der Waals surface area contributed by atoms with Gasteiger partial charge in [-0.25, -0.2) is 15.0 Å². The summed E-state index contributed by atoms with van der Waals surface area (Å²) in [6.45, 7) is 2.41. The second-order valence-electron chi connectivity index (χ2n) is 6.26. The highest BCUT2D eigenvalue weighted by Crippen LogP contribution is 2.23. The second kappa shape index (κ2) is 6.87. The number of aromatic amines is 1. The van der Waals surface area contributed by atoms with Gasteiger partial charge in [-0.3, -0.25) is 4.79 Å². The number of imidazole rings is 1. The van der Waals surface area contributed by atoms with Gasteiger partial charge in [-0.15, -0.1) is 0 Å². The van der Waals surface area contributed by atoms with Crippen LogP contribution in [0, 0.1) is 6.92 Å². The highest BCUT2D eigenvalue weighted by molar-refractivity contribution is 5.93. The Bertz CT molecular complexity index is 1120. The molecule has 1 amide bonds. The molecule has 0 spiro atoms. The summed E-state index contributed by atoms with van der Waals surface area (Å²) in [7, 11) is 0. The molecule has 0 unspecified atom stereocenters. The standard InChI is InChI=1S/C20H18N6O/c1-12-7-8-14-15(9-12)26-19(25-14)17-18(21)22-11-16(24-17)20(27)23-10-13-5-3-2-4-6-13/h2-9,11H,10H2,1H3,(H2,21,22)(H,23,27)(H,25,26). The molecular weight excluding hydrogens is 340 g/mol. The third-order valence-corrected chi connectivity index (χ3v) is 4.19. The molecule has 2 aromatic heterocycles. The van der Waals surface area contributed by atoms with E-state index in [4.69, 9.17) is 5.73 Å². The normalized spacial score (nSPS) is 10.9. The van der Waals surface area contributed by atoms with Gasteiger partial charge in [0.15, 0.2) is 11.6 Å². The fourth-order valence-corrected chi connectivity index (χ4v) is 2.79. The molecule has 4 aromatic rings. The minimum Gasteiger partial charge on any atom is -0.382 e. The summed E-state index contributed by atoms with van der Waals surface area (Å²) in [5.74, 6) is 0.378. The number of carbonyl (C=O) groups is 1. The molecule has 4 N–H and O–H groups in total. The number of rotatable bonds is 4. The van der Waals surface area contributed by atoms with E-state index in [1.54, 1.807) is 0 Å². The van der Waals surface area contributed by atoms with E-state index in [1.807, 2.05) is 55.5 Å². The number of benzene rings is 2. The van der Waals surface area contributed by atoms with Gasteiger partial charge in [0.25, 0.3) is 5.91 Å². The van der Waals surface area contributed by atoms with Crippen molar-refractivity contribution in [2.24, 2.45) is 0 Å². The Kier molecular flexibility index (Phi) is 4.25. The number of nitrogen functional groups attached to an aromatic ring is 1. The zero-order chi connectivity index (χ0) is 18.8. The number of aryl methyl sites for hydroxylation is 1. The summed E-state index contributed by atoms with van der Waals surface area (Å²) in [5.41, 5.74) is 10.3. The number of hydrogen-bond acceptors (Lipinski definition) is 5. The van der Waals surface area contributed by atoms with E-state index in [0.29, 0.717) is 18.1 Å². The highest BCUT2D eigenvalue weighted by atomic mass is 16.1. The molecule has 0 saturated carbocycles. The van der Waals surface area contributed by atoms with E-state index in [9.17, 15) is 4.79 Å². The van der Waals surface area contributed by atoms with Gasteiger partial charge < -0.3 is 16.0 Å². The molecule has 0 radical (unpaired) electrons. The predicted octanol–water partition coefficient (Wildman–Crippen LogP) is 2.84. The van der Waals surface area contributed by atoms with Crippen molar-refractivity contribution in [1.29, 1.82) is 0 Å². The molecule has 7 nitrogen and oxygen atoms in total. The number of fused-ring (bicyclic) bond motifs is 1. The number of nitrogens with zero attached hydrogens (tertiary/aromatic N) is 3. The van der Waals surface area contributed by atoms with Crippen LogP contribution in [0.25, 0.3) is 22.6 Å². The van der Waals surface area contributed by atoms with Gasteiger partial charge in [-0.2, -0.15) is 0 Å². The van der Waals surface area contributed by atoms with Crippen molar-refractivity contribution in [3.63, 3.8) is 0 Å². The number of anilines is 1. The molecule has 2 aromatic carbocycles. The molecule has 0 bridgehead atoms. The van der Waals surface area contributed by atoms with E-state index in [-0.39, 0.29) is 17.4 Å². The molecule has 0 aliphatic carbocycles. The topological polar surface area (TPSA) is 110 Å². The van der Waals surface area contributed by atoms with Crippen LogP contribution in [0.5, 0.6) is 0 Å². The molecular formula is C20H18N6O. The van der Waals surface area contributed by atoms with Crippen LogP contribution < -0.4 is 11.1 Å². The van der Waals surface area contributed by atoms with Gasteiger partial charge in [0.1, 0.15) is 11.4 Å². The number of amides is 1. The maximum atomic E-state index is 12.4. The molecule has 0 saturated heterocycles. The first-order valence-corrected chi connectivity index (χ1v) is 8.51. The Hall–Kier alpha value is -3.74. The zero-order valence-electron chi connectivity index (χ0n) is 14.7. The maximum absolute atomic E-state index is 12.4. The third kappa shape index (κ3) is 3.48. The first-order valence-electron chi connectivity index (χ1n) is 8.51. The van der Waals surface area contributed by atoms with Gasteiger partial charge >= 0.3 is 0 Å². The Morgan fingerprint density at radius 3 is 2.78 bits per heavy atom. The molecule has 0 fully saturated rings. The summed E-state index contributed by atoms with van der Waals surface area (Å²) in [6.07, 6.45) is 1.37. The number of nitrogens with one attached hydrogen (secondary N) is 2. The lowest BCUT2D eigenvalue weighted by Crippen LogP contribution is -2.24. The number of H-pyrrole nitrogens is 1. The van der Waals surface area contributed by atoms with E-state index in [1.165, 1.54) is 6.20 Å². The van der Waals surface area contributed by atoms with Gasteiger partial charge in [0.05, 0.1) is 17.2 Å². The van der Waals surface area contributed by atoms with Crippen molar-refractivity contribution in [1.82, 2.24) is 25.3 Å². The van der Waals surface area contributed by atoms with Gasteiger partial charge in [-0.05, 0) is 30.2 Å². The van der Waals surface area contributed by atoms with E-state index < -0.39 is 0 Å². The number of hydrogen-bond donors (Lipinski definition) is 3. The van der Waals surface area contributed by atoms with Crippen LogP contribution in [0.15, 0.2) is 54.7 Å². The van der Waals surface area contributed by atoms with E-state index in [2.05, 4.69) is 25.3 Å². The van der Waals surface area contributed by atoms with Crippen LogP contribution in [0.3, 0.4) is 0 Å². The average molecular weight is 358 g/mol. The van der Waals surface area contributed by atoms with Crippen LogP contribution in [0.4, 0.5) is 5.82 Å². The fraction of sp³-hybridized carbons (Fsp3) is 0.100. The van der Waals surface area contributed by atoms with Crippen LogP contribution in [0.2, 0.25) is 0 Å².